The van der Waals surface area contributed by atoms with Crippen molar-refractivity contribution in [3.05, 3.63) is 21.6 Å². The third-order valence-electron chi connectivity index (χ3n) is 9.19. The molecule has 3 N–H and O–H groups in total. The Morgan fingerprint density at radius 2 is 1.92 bits per heavy atom. The zero-order valence-electron chi connectivity index (χ0n) is 18.3. The first-order chi connectivity index (χ1) is 13.0. The summed E-state index contributed by atoms with van der Waals surface area (Å²) in [5.41, 5.74) is 0.0314. The average molecular weight is 348 g/mol. The summed E-state index contributed by atoms with van der Waals surface area (Å²) in [7, 11) is 0. The van der Waals surface area contributed by atoms with Gasteiger partial charge < -0.3 is 10.2 Å². The Morgan fingerprint density at radius 1 is 1.12 bits per heavy atom. The van der Waals surface area contributed by atoms with Gasteiger partial charge in [-0.3, -0.25) is 9.89 Å². The van der Waals surface area contributed by atoms with Crippen LogP contribution in [-0.4, -0.2) is 20.9 Å². The molecule has 4 heteroatoms. The van der Waals surface area contributed by atoms with Gasteiger partial charge >= 0.3 is 0 Å². The lowest BCUT2D eigenvalue weighted by Crippen LogP contribution is -2.56. The lowest BCUT2D eigenvalue weighted by atomic mass is 9.44. The zero-order valence-corrected chi connectivity index (χ0v) is 15.3. The van der Waals surface area contributed by atoms with E-state index in [2.05, 4.69) is 17.1 Å². The minimum absolute atomic E-state index is 0.0232. The molecule has 1 heterocycles. The van der Waals surface area contributed by atoms with E-state index in [1.54, 1.807) is 0 Å². The third-order valence-corrected chi connectivity index (χ3v) is 9.19. The number of nitrogens with one attached hydrogen (secondary N) is 2. The first kappa shape index (κ1) is 13.2. The molecule has 5 rings (SSSR count). The second kappa shape index (κ2) is 4.82. The molecule has 1 aromatic rings. The number of hydrogen-bond acceptors (Lipinski definition) is 2. The summed E-state index contributed by atoms with van der Waals surface area (Å²) in [6.07, 6.45) is 6.93. The number of fused-ring (bicyclic) bond motifs is 6. The van der Waals surface area contributed by atoms with Crippen molar-refractivity contribution >= 4 is 0 Å². The Kier molecular flexibility index (Phi) is 2.54. The fourth-order valence-electron chi connectivity index (χ4n) is 7.57. The second-order valence-corrected chi connectivity index (χ2v) is 9.93. The van der Waals surface area contributed by atoms with Crippen LogP contribution in [0.5, 0.6) is 0 Å². The molecule has 0 bridgehead atoms. The fraction of sp³-hybridized carbons (Fsp3) is 0.857. The molecule has 0 aliphatic heterocycles. The molecule has 25 heavy (non-hydrogen) atoms. The van der Waals surface area contributed by atoms with Crippen LogP contribution >= 0.6 is 0 Å². The summed E-state index contributed by atoms with van der Waals surface area (Å²) in [6.45, 7) is 2.08. The average Bonchev–Trinajstić information content (AvgIpc) is 3.10. The Hall–Kier alpha value is -1.03. The van der Waals surface area contributed by atoms with Crippen molar-refractivity contribution in [1.82, 2.24) is 10.2 Å². The van der Waals surface area contributed by atoms with Crippen LogP contribution in [0.25, 0.3) is 0 Å². The molecule has 1 aromatic heterocycles. The molecule has 4 aliphatic rings. The highest BCUT2D eigenvalue weighted by atomic mass is 16.3. The highest BCUT2D eigenvalue weighted by molar-refractivity contribution is 5.26. The maximum atomic E-state index is 12.3. The van der Waals surface area contributed by atoms with Crippen LogP contribution in [0.2, 0.25) is 0 Å². The number of H-pyrrole nitrogens is 2. The van der Waals surface area contributed by atoms with Crippen LogP contribution in [0, 0.1) is 34.5 Å². The Morgan fingerprint density at radius 3 is 2.72 bits per heavy atom. The Balaban J connectivity index is 1.51. The third kappa shape index (κ3) is 1.90. The quantitative estimate of drug-likeness (QED) is 0.673. The predicted molar refractivity (Wildman–Crippen MR) is 97.3 cm³/mol. The van der Waals surface area contributed by atoms with E-state index in [1.165, 1.54) is 0 Å². The summed E-state index contributed by atoms with van der Waals surface area (Å²) in [4.78, 5) is 12.3. The molecule has 0 amide bonds. The monoisotopic (exact) mass is 347 g/mol. The van der Waals surface area contributed by atoms with Crippen molar-refractivity contribution in [3.8, 4) is 0 Å². The highest BCUT2D eigenvalue weighted by Gasteiger charge is 2.63. The summed E-state index contributed by atoms with van der Waals surface area (Å²) >= 11 is 0. The van der Waals surface area contributed by atoms with Crippen molar-refractivity contribution in [2.45, 2.75) is 77.7 Å². The van der Waals surface area contributed by atoms with Gasteiger partial charge in [0.1, 0.15) is 0 Å². The predicted octanol–water partition coefficient (Wildman–Crippen LogP) is 3.41. The van der Waals surface area contributed by atoms with Crippen molar-refractivity contribution in [1.29, 1.82) is 0 Å². The van der Waals surface area contributed by atoms with E-state index in [9.17, 15) is 9.90 Å². The van der Waals surface area contributed by atoms with E-state index < -0.39 is 17.9 Å². The molecular weight excluding hydrogens is 312 g/mol. The minimum Gasteiger partial charge on any atom is -0.390 e. The molecule has 0 spiro atoms. The summed E-state index contributed by atoms with van der Waals surface area (Å²) in [5.74, 6) is 1.79. The maximum absolute atomic E-state index is 12.3. The molecule has 3 fully saturated rings. The molecule has 3 saturated carbocycles. The van der Waals surface area contributed by atoms with Gasteiger partial charge in [-0.1, -0.05) is 13.8 Å². The zero-order chi connectivity index (χ0) is 20.1. The van der Waals surface area contributed by atoms with E-state index in [0.717, 1.165) is 56.2 Å². The van der Waals surface area contributed by atoms with Gasteiger partial charge in [-0.2, -0.15) is 0 Å². The minimum atomic E-state index is -2.33. The van der Waals surface area contributed by atoms with E-state index in [-0.39, 0.29) is 16.9 Å². The normalized spacial score (nSPS) is 53.6. The number of aromatic nitrogens is 2. The molecular formula is C21H32N2O2. The highest BCUT2D eigenvalue weighted by Crippen LogP contribution is 2.67. The number of rotatable bonds is 0. The first-order valence-corrected chi connectivity index (χ1v) is 10.0. The van der Waals surface area contributed by atoms with Crippen molar-refractivity contribution < 1.29 is 9.22 Å². The largest absolute Gasteiger partial charge is 0.390 e. The number of aliphatic hydroxyl groups is 1. The molecule has 7 atom stereocenters. The van der Waals surface area contributed by atoms with Crippen LogP contribution in [0.15, 0.2) is 4.79 Å². The topological polar surface area (TPSA) is 68.9 Å². The van der Waals surface area contributed by atoms with Crippen molar-refractivity contribution in [2.75, 3.05) is 0 Å². The van der Waals surface area contributed by atoms with E-state index >= 15 is 0 Å². The number of aromatic amines is 2. The van der Waals surface area contributed by atoms with E-state index in [1.807, 2.05) is 6.92 Å². The molecule has 0 radical (unpaired) electrons. The molecule has 0 aromatic carbocycles. The van der Waals surface area contributed by atoms with Crippen LogP contribution in [0.3, 0.4) is 0 Å². The van der Waals surface area contributed by atoms with Gasteiger partial charge in [-0.05, 0) is 92.7 Å². The standard InChI is InChI=1S/C21H32N2O2/c1-19-11-14-17(22-23-18(14)24)10-12(19)4-5-13-15(19)6-8-20(2)16(13)7-9-21(20,3)25/h12-13,15-16,25H,4-11H2,1-3H3,(H2,22,23,24)/t12?,13?,15?,16?,19-,20-,21-/m0/s1/i3D3. The molecule has 0 saturated heterocycles. The maximum Gasteiger partial charge on any atom is 0.267 e. The second-order valence-electron chi connectivity index (χ2n) is 9.93. The van der Waals surface area contributed by atoms with Crippen molar-refractivity contribution in [2.24, 2.45) is 34.5 Å². The van der Waals surface area contributed by atoms with Crippen LogP contribution in [0.1, 0.15) is 74.6 Å². The van der Waals surface area contributed by atoms with Gasteiger partial charge in [-0.15, -0.1) is 0 Å². The van der Waals surface area contributed by atoms with Crippen LogP contribution in [0.4, 0.5) is 0 Å². The van der Waals surface area contributed by atoms with Crippen LogP contribution in [-0.2, 0) is 12.8 Å². The van der Waals surface area contributed by atoms with Gasteiger partial charge in [-0.25, -0.2) is 0 Å². The summed E-state index contributed by atoms with van der Waals surface area (Å²) in [6, 6.07) is 0. The Bertz CT molecular complexity index is 861. The van der Waals surface area contributed by atoms with Gasteiger partial charge in [0, 0.05) is 15.4 Å². The molecule has 4 unspecified atom stereocenters. The fourth-order valence-corrected chi connectivity index (χ4v) is 7.57. The van der Waals surface area contributed by atoms with Crippen molar-refractivity contribution in [3.63, 3.8) is 0 Å². The van der Waals surface area contributed by atoms with Gasteiger partial charge in [0.05, 0.1) is 5.60 Å². The lowest BCUT2D eigenvalue weighted by molar-refractivity contribution is -0.139. The molecule has 4 aliphatic carbocycles. The molecule has 138 valence electrons. The Labute approximate surface area is 154 Å². The lowest BCUT2D eigenvalue weighted by Gasteiger charge is -2.60. The number of hydrogen-bond donors (Lipinski definition) is 3. The van der Waals surface area contributed by atoms with Gasteiger partial charge in [0.15, 0.2) is 0 Å². The first-order valence-electron chi connectivity index (χ1n) is 11.5. The van der Waals surface area contributed by atoms with E-state index in [4.69, 9.17) is 4.11 Å². The molecule has 4 nitrogen and oxygen atoms in total. The SMILES string of the molecule is [2H]C([2H])([2H])[C@]1(O)CCC2C3CCC4Cc5[nH][nH]c(=O)c5C[C@]4(C)C3CC[C@@]21C. The van der Waals surface area contributed by atoms with Gasteiger partial charge in [0.25, 0.3) is 5.56 Å². The van der Waals surface area contributed by atoms with Crippen LogP contribution < -0.4 is 5.56 Å². The smallest absolute Gasteiger partial charge is 0.267 e. The van der Waals surface area contributed by atoms with E-state index in [0.29, 0.717) is 24.2 Å². The summed E-state index contributed by atoms with van der Waals surface area (Å²) < 4.78 is 24.1. The van der Waals surface area contributed by atoms with Gasteiger partial charge in [0.2, 0.25) is 0 Å². The summed E-state index contributed by atoms with van der Waals surface area (Å²) in [5, 5.41) is 17.2.